The zero-order valence-electron chi connectivity index (χ0n) is 12.5. The molecule has 0 aliphatic carbocycles. The van der Waals surface area contributed by atoms with E-state index in [1.165, 1.54) is 16.7 Å². The van der Waals surface area contributed by atoms with E-state index in [0.717, 1.165) is 12.1 Å². The van der Waals surface area contributed by atoms with Crippen LogP contribution in [0.4, 0.5) is 5.69 Å². The summed E-state index contributed by atoms with van der Waals surface area (Å²) < 4.78 is 7.13. The van der Waals surface area contributed by atoms with Crippen LogP contribution in [0.3, 0.4) is 0 Å². The first-order valence-corrected chi connectivity index (χ1v) is 7.55. The average molecular weight is 357 g/mol. The molecule has 1 aromatic heterocycles. The standard InChI is InChI=1S/C15H14Cl2N2O4/c1-9(2)7-18-8-11(3-4-14(18)20)23-15-12(16)5-10(19(21)22)6-13(15)17/h3-6,8-9H,7H2,1-2H3. The summed E-state index contributed by atoms with van der Waals surface area (Å²) in [6.45, 7) is 4.52. The Morgan fingerprint density at radius 3 is 2.39 bits per heavy atom. The molecule has 0 N–H and O–H groups in total. The zero-order chi connectivity index (χ0) is 17.1. The van der Waals surface area contributed by atoms with E-state index < -0.39 is 4.92 Å². The predicted octanol–water partition coefficient (Wildman–Crippen LogP) is 4.51. The molecule has 0 unspecified atom stereocenters. The number of rotatable bonds is 5. The van der Waals surface area contributed by atoms with E-state index in [-0.39, 0.29) is 33.0 Å². The second kappa shape index (κ2) is 7.02. The second-order valence-corrected chi connectivity index (χ2v) is 6.16. The van der Waals surface area contributed by atoms with E-state index in [1.807, 2.05) is 13.8 Å². The fourth-order valence-corrected chi connectivity index (χ4v) is 2.53. The van der Waals surface area contributed by atoms with Crippen LogP contribution in [-0.4, -0.2) is 9.49 Å². The third-order valence-corrected chi connectivity index (χ3v) is 3.49. The molecule has 6 nitrogen and oxygen atoms in total. The van der Waals surface area contributed by atoms with E-state index in [2.05, 4.69) is 0 Å². The lowest BCUT2D eigenvalue weighted by molar-refractivity contribution is -0.384. The van der Waals surface area contributed by atoms with Crippen molar-refractivity contribution in [3.63, 3.8) is 0 Å². The number of ether oxygens (including phenoxy) is 1. The van der Waals surface area contributed by atoms with Gasteiger partial charge in [-0.2, -0.15) is 0 Å². The lowest BCUT2D eigenvalue weighted by atomic mass is 10.2. The monoisotopic (exact) mass is 356 g/mol. The highest BCUT2D eigenvalue weighted by Crippen LogP contribution is 2.39. The SMILES string of the molecule is CC(C)Cn1cc(Oc2c(Cl)cc([N+](=O)[O-])cc2Cl)ccc1=O. The number of benzene rings is 1. The molecule has 0 aliphatic heterocycles. The molecule has 0 bridgehead atoms. The van der Waals surface area contributed by atoms with Crippen molar-refractivity contribution in [2.24, 2.45) is 5.92 Å². The number of halogens is 2. The Hall–Kier alpha value is -2.05. The summed E-state index contributed by atoms with van der Waals surface area (Å²) in [5, 5.41) is 10.8. The summed E-state index contributed by atoms with van der Waals surface area (Å²) in [5.74, 6) is 0.756. The maximum absolute atomic E-state index is 11.8. The van der Waals surface area contributed by atoms with E-state index >= 15 is 0 Å². The van der Waals surface area contributed by atoms with E-state index in [1.54, 1.807) is 6.20 Å². The van der Waals surface area contributed by atoms with Gasteiger partial charge in [-0.1, -0.05) is 37.0 Å². The fraction of sp³-hybridized carbons (Fsp3) is 0.267. The van der Waals surface area contributed by atoms with Crippen molar-refractivity contribution < 1.29 is 9.66 Å². The summed E-state index contributed by atoms with van der Waals surface area (Å²) in [4.78, 5) is 22.0. The summed E-state index contributed by atoms with van der Waals surface area (Å²) in [6.07, 6.45) is 1.55. The van der Waals surface area contributed by atoms with Gasteiger partial charge in [0.05, 0.1) is 15.0 Å². The van der Waals surface area contributed by atoms with Crippen molar-refractivity contribution in [2.75, 3.05) is 0 Å². The van der Waals surface area contributed by atoms with E-state index in [4.69, 9.17) is 27.9 Å². The van der Waals surface area contributed by atoms with Crippen molar-refractivity contribution in [2.45, 2.75) is 20.4 Å². The third kappa shape index (κ3) is 4.24. The minimum atomic E-state index is -0.593. The summed E-state index contributed by atoms with van der Waals surface area (Å²) in [7, 11) is 0. The highest BCUT2D eigenvalue weighted by molar-refractivity contribution is 6.37. The van der Waals surface area contributed by atoms with Crippen LogP contribution >= 0.6 is 23.2 Å². The topological polar surface area (TPSA) is 74.4 Å². The van der Waals surface area contributed by atoms with Gasteiger partial charge in [-0.05, 0) is 12.0 Å². The van der Waals surface area contributed by atoms with Gasteiger partial charge in [-0.15, -0.1) is 0 Å². The molecule has 0 saturated carbocycles. The van der Waals surface area contributed by atoms with Crippen LogP contribution in [0.2, 0.25) is 10.0 Å². The van der Waals surface area contributed by atoms with Gasteiger partial charge in [-0.25, -0.2) is 0 Å². The van der Waals surface area contributed by atoms with Gasteiger partial charge in [0, 0.05) is 30.9 Å². The fourth-order valence-electron chi connectivity index (χ4n) is 1.97. The normalized spacial score (nSPS) is 10.8. The van der Waals surface area contributed by atoms with Gasteiger partial charge >= 0.3 is 0 Å². The minimum absolute atomic E-state index is 0.0193. The molecular weight excluding hydrogens is 343 g/mol. The first-order valence-electron chi connectivity index (χ1n) is 6.79. The largest absolute Gasteiger partial charge is 0.453 e. The number of nitrogens with zero attached hydrogens (tertiary/aromatic N) is 2. The Balaban J connectivity index is 2.36. The van der Waals surface area contributed by atoms with Crippen LogP contribution in [-0.2, 0) is 6.54 Å². The molecule has 0 atom stereocenters. The highest BCUT2D eigenvalue weighted by atomic mass is 35.5. The van der Waals surface area contributed by atoms with Crippen LogP contribution in [0.5, 0.6) is 11.5 Å². The Bertz CT molecular complexity index is 779. The van der Waals surface area contributed by atoms with Gasteiger partial charge in [0.2, 0.25) is 0 Å². The molecule has 0 saturated heterocycles. The first-order chi connectivity index (χ1) is 10.8. The van der Waals surface area contributed by atoms with Gasteiger partial charge in [0.25, 0.3) is 11.2 Å². The zero-order valence-corrected chi connectivity index (χ0v) is 14.0. The number of aromatic nitrogens is 1. The van der Waals surface area contributed by atoms with Crippen molar-refractivity contribution in [3.05, 3.63) is 61.0 Å². The maximum Gasteiger partial charge on any atom is 0.272 e. The number of nitro groups is 1. The smallest absolute Gasteiger partial charge is 0.272 e. The molecule has 0 spiro atoms. The van der Waals surface area contributed by atoms with Crippen LogP contribution in [0, 0.1) is 16.0 Å². The number of pyridine rings is 1. The third-order valence-electron chi connectivity index (χ3n) is 2.93. The van der Waals surface area contributed by atoms with Crippen LogP contribution < -0.4 is 10.3 Å². The van der Waals surface area contributed by atoms with Crippen molar-refractivity contribution in [1.82, 2.24) is 4.57 Å². The van der Waals surface area contributed by atoms with Crippen LogP contribution in [0.1, 0.15) is 13.8 Å². The average Bonchev–Trinajstić information content (AvgIpc) is 2.45. The Morgan fingerprint density at radius 2 is 1.87 bits per heavy atom. The van der Waals surface area contributed by atoms with Crippen LogP contribution in [0.15, 0.2) is 35.3 Å². The number of non-ortho nitro benzene ring substituents is 1. The molecule has 0 radical (unpaired) electrons. The Morgan fingerprint density at radius 1 is 1.26 bits per heavy atom. The lowest BCUT2D eigenvalue weighted by Gasteiger charge is -2.13. The first kappa shape index (κ1) is 17.3. The molecule has 0 fully saturated rings. The van der Waals surface area contributed by atoms with Gasteiger partial charge in [0.1, 0.15) is 5.75 Å². The molecule has 23 heavy (non-hydrogen) atoms. The molecule has 1 heterocycles. The Labute approximate surface area is 142 Å². The van der Waals surface area contributed by atoms with Crippen LogP contribution in [0.25, 0.3) is 0 Å². The number of nitro benzene ring substituents is 1. The highest BCUT2D eigenvalue weighted by Gasteiger charge is 2.16. The van der Waals surface area contributed by atoms with Gasteiger partial charge in [-0.3, -0.25) is 14.9 Å². The van der Waals surface area contributed by atoms with Gasteiger partial charge < -0.3 is 9.30 Å². The van der Waals surface area contributed by atoms with Crippen molar-refractivity contribution in [1.29, 1.82) is 0 Å². The molecule has 1 aromatic carbocycles. The summed E-state index contributed by atoms with van der Waals surface area (Å²) in [5.41, 5.74) is -0.371. The maximum atomic E-state index is 11.8. The molecular formula is C15H14Cl2N2O4. The molecule has 122 valence electrons. The van der Waals surface area contributed by atoms with Crippen molar-refractivity contribution >= 4 is 28.9 Å². The number of hydrogen-bond donors (Lipinski definition) is 0. The minimum Gasteiger partial charge on any atom is -0.453 e. The molecule has 8 heteroatoms. The molecule has 0 amide bonds. The molecule has 2 rings (SSSR count). The lowest BCUT2D eigenvalue weighted by Crippen LogP contribution is -2.20. The van der Waals surface area contributed by atoms with Crippen molar-refractivity contribution in [3.8, 4) is 11.5 Å². The molecule has 0 aliphatic rings. The number of hydrogen-bond acceptors (Lipinski definition) is 4. The van der Waals surface area contributed by atoms with E-state index in [0.29, 0.717) is 12.3 Å². The quantitative estimate of drug-likeness (QED) is 0.583. The van der Waals surface area contributed by atoms with E-state index in [9.17, 15) is 14.9 Å². The summed E-state index contributed by atoms with van der Waals surface area (Å²) in [6, 6.07) is 5.19. The predicted molar refractivity (Wildman–Crippen MR) is 88.7 cm³/mol. The summed E-state index contributed by atoms with van der Waals surface area (Å²) >= 11 is 12.0. The Kier molecular flexibility index (Phi) is 5.28. The molecule has 2 aromatic rings. The van der Waals surface area contributed by atoms with Gasteiger partial charge in [0.15, 0.2) is 5.75 Å². The second-order valence-electron chi connectivity index (χ2n) is 5.35.